The first kappa shape index (κ1) is 14.9. The summed E-state index contributed by atoms with van der Waals surface area (Å²) < 4.78 is 5.78. The number of amides is 1. The van der Waals surface area contributed by atoms with E-state index in [1.807, 2.05) is 24.3 Å². The third-order valence-electron chi connectivity index (χ3n) is 4.65. The Labute approximate surface area is 139 Å². The first-order chi connectivity index (χ1) is 11.6. The van der Waals surface area contributed by atoms with Gasteiger partial charge in [0.1, 0.15) is 6.04 Å². The van der Waals surface area contributed by atoms with E-state index in [9.17, 15) is 14.7 Å². The Kier molecular flexibility index (Phi) is 3.59. The van der Waals surface area contributed by atoms with Gasteiger partial charge in [0.15, 0.2) is 11.7 Å². The summed E-state index contributed by atoms with van der Waals surface area (Å²) in [6.07, 6.45) is 4.72. The molecule has 1 aliphatic carbocycles. The van der Waals surface area contributed by atoms with Gasteiger partial charge < -0.3 is 14.4 Å². The Morgan fingerprint density at radius 2 is 2.00 bits per heavy atom. The zero-order valence-corrected chi connectivity index (χ0v) is 13.1. The first-order valence-electron chi connectivity index (χ1n) is 8.19. The van der Waals surface area contributed by atoms with Gasteiger partial charge in [0.05, 0.1) is 6.20 Å². The summed E-state index contributed by atoms with van der Waals surface area (Å²) in [4.78, 5) is 28.9. The number of nitrogens with zero attached hydrogens (tertiary/aromatic N) is 2. The summed E-state index contributed by atoms with van der Waals surface area (Å²) >= 11 is 0. The van der Waals surface area contributed by atoms with Gasteiger partial charge in [-0.1, -0.05) is 24.3 Å². The molecule has 4 rings (SSSR count). The average molecular weight is 326 g/mol. The van der Waals surface area contributed by atoms with Crippen LogP contribution in [-0.2, 0) is 16.1 Å². The lowest BCUT2D eigenvalue weighted by Crippen LogP contribution is -2.37. The zero-order chi connectivity index (χ0) is 16.7. The summed E-state index contributed by atoms with van der Waals surface area (Å²) in [5.74, 6) is 0.986. The fraction of sp³-hybridized carbons (Fsp3) is 0.389. The molecule has 2 aromatic rings. The van der Waals surface area contributed by atoms with Crippen molar-refractivity contribution in [3.63, 3.8) is 0 Å². The maximum absolute atomic E-state index is 11.9. The number of carbonyl (C=O) groups excluding carboxylic acids is 1. The van der Waals surface area contributed by atoms with Crippen LogP contribution in [0.15, 0.2) is 34.9 Å². The van der Waals surface area contributed by atoms with Gasteiger partial charge in [-0.05, 0) is 24.8 Å². The van der Waals surface area contributed by atoms with E-state index >= 15 is 0 Å². The van der Waals surface area contributed by atoms with Crippen molar-refractivity contribution in [1.29, 1.82) is 0 Å². The number of oxazole rings is 1. The van der Waals surface area contributed by atoms with Crippen molar-refractivity contribution in [2.75, 3.05) is 0 Å². The molecule has 0 radical (unpaired) electrons. The molecule has 0 spiro atoms. The molecule has 1 N–H and O–H groups in total. The second-order valence-corrected chi connectivity index (χ2v) is 6.45. The van der Waals surface area contributed by atoms with Crippen molar-refractivity contribution in [2.45, 2.75) is 44.2 Å². The molecule has 2 heterocycles. The van der Waals surface area contributed by atoms with Crippen molar-refractivity contribution in [3.8, 4) is 11.3 Å². The van der Waals surface area contributed by atoms with E-state index in [2.05, 4.69) is 4.98 Å². The first-order valence-corrected chi connectivity index (χ1v) is 8.19. The molecule has 1 amide bonds. The standard InChI is InChI=1S/C18H18N2O4/c21-16-8-7-14(18(22)23)20(16)10-11-1-3-12(4-2-11)15-9-19-17(24-15)13-5-6-13/h1-4,9,13-14H,5-8,10H2,(H,22,23). The number of carboxylic acid groups (broad SMARTS) is 1. The van der Waals surface area contributed by atoms with Gasteiger partial charge in [-0.3, -0.25) is 4.79 Å². The van der Waals surface area contributed by atoms with Gasteiger partial charge in [0, 0.05) is 24.4 Å². The Bertz CT molecular complexity index is 777. The van der Waals surface area contributed by atoms with E-state index in [1.165, 1.54) is 4.90 Å². The molecule has 1 aliphatic heterocycles. The third kappa shape index (κ3) is 2.79. The fourth-order valence-electron chi connectivity index (χ4n) is 3.10. The van der Waals surface area contributed by atoms with Crippen LogP contribution in [0.3, 0.4) is 0 Å². The molecule has 1 unspecified atom stereocenters. The topological polar surface area (TPSA) is 83.6 Å². The average Bonchev–Trinajstić information content (AvgIpc) is 3.19. The second-order valence-electron chi connectivity index (χ2n) is 6.45. The van der Waals surface area contributed by atoms with E-state index in [1.54, 1.807) is 6.20 Å². The highest BCUT2D eigenvalue weighted by Gasteiger charge is 2.35. The van der Waals surface area contributed by atoms with Crippen molar-refractivity contribution in [2.24, 2.45) is 0 Å². The number of benzene rings is 1. The number of rotatable bonds is 5. The van der Waals surface area contributed by atoms with Crippen LogP contribution in [0.1, 0.15) is 43.1 Å². The predicted octanol–water partition coefficient (Wildman–Crippen LogP) is 2.79. The molecule has 1 atom stereocenters. The minimum atomic E-state index is -0.938. The molecule has 0 bridgehead atoms. The smallest absolute Gasteiger partial charge is 0.326 e. The normalized spacial score (nSPS) is 20.6. The van der Waals surface area contributed by atoms with Crippen LogP contribution in [0.4, 0.5) is 0 Å². The van der Waals surface area contributed by atoms with Gasteiger partial charge in [0.25, 0.3) is 0 Å². The Balaban J connectivity index is 1.48. The van der Waals surface area contributed by atoms with E-state index in [0.29, 0.717) is 25.3 Å². The minimum Gasteiger partial charge on any atom is -0.480 e. The highest BCUT2D eigenvalue weighted by molar-refractivity contribution is 5.87. The highest BCUT2D eigenvalue weighted by Crippen LogP contribution is 2.40. The van der Waals surface area contributed by atoms with Crippen LogP contribution in [0.2, 0.25) is 0 Å². The molecular weight excluding hydrogens is 308 g/mol. The lowest BCUT2D eigenvalue weighted by molar-refractivity contribution is -0.146. The summed E-state index contributed by atoms with van der Waals surface area (Å²) in [7, 11) is 0. The van der Waals surface area contributed by atoms with Crippen molar-refractivity contribution in [1.82, 2.24) is 9.88 Å². The number of carboxylic acids is 1. The van der Waals surface area contributed by atoms with Crippen LogP contribution in [0.5, 0.6) is 0 Å². The van der Waals surface area contributed by atoms with Crippen molar-refractivity contribution >= 4 is 11.9 Å². The van der Waals surface area contributed by atoms with Gasteiger partial charge in [-0.15, -0.1) is 0 Å². The highest BCUT2D eigenvalue weighted by atomic mass is 16.4. The number of carbonyl (C=O) groups is 2. The lowest BCUT2D eigenvalue weighted by atomic mass is 10.1. The summed E-state index contributed by atoms with van der Waals surface area (Å²) in [6.45, 7) is 0.319. The number of likely N-dealkylation sites (tertiary alicyclic amines) is 1. The fourth-order valence-corrected chi connectivity index (χ4v) is 3.10. The number of aliphatic carboxylic acids is 1. The largest absolute Gasteiger partial charge is 0.480 e. The van der Waals surface area contributed by atoms with E-state index in [0.717, 1.165) is 35.6 Å². The maximum atomic E-state index is 11.9. The second kappa shape index (κ2) is 5.78. The van der Waals surface area contributed by atoms with Crippen LogP contribution in [-0.4, -0.2) is 32.9 Å². The summed E-state index contributed by atoms with van der Waals surface area (Å²) in [5.41, 5.74) is 1.84. The number of hydrogen-bond acceptors (Lipinski definition) is 4. The van der Waals surface area contributed by atoms with Gasteiger partial charge in [-0.25, -0.2) is 9.78 Å². The molecule has 6 heteroatoms. The maximum Gasteiger partial charge on any atom is 0.326 e. The van der Waals surface area contributed by atoms with E-state index in [-0.39, 0.29) is 5.91 Å². The third-order valence-corrected chi connectivity index (χ3v) is 4.65. The van der Waals surface area contributed by atoms with E-state index < -0.39 is 12.0 Å². The molecule has 1 saturated carbocycles. The number of hydrogen-bond donors (Lipinski definition) is 1. The Morgan fingerprint density at radius 1 is 1.25 bits per heavy atom. The SMILES string of the molecule is O=C(O)C1CCC(=O)N1Cc1ccc(-c2cnc(C3CC3)o2)cc1. The molecule has 1 aromatic carbocycles. The monoisotopic (exact) mass is 326 g/mol. The summed E-state index contributed by atoms with van der Waals surface area (Å²) in [6, 6.07) is 6.93. The predicted molar refractivity (Wildman–Crippen MR) is 85.1 cm³/mol. The van der Waals surface area contributed by atoms with Gasteiger partial charge >= 0.3 is 5.97 Å². The molecule has 24 heavy (non-hydrogen) atoms. The van der Waals surface area contributed by atoms with Crippen LogP contribution >= 0.6 is 0 Å². The quantitative estimate of drug-likeness (QED) is 0.913. The molecule has 1 aromatic heterocycles. The van der Waals surface area contributed by atoms with E-state index in [4.69, 9.17) is 4.42 Å². The Morgan fingerprint density at radius 3 is 2.67 bits per heavy atom. The summed E-state index contributed by atoms with van der Waals surface area (Å²) in [5, 5.41) is 9.21. The molecule has 6 nitrogen and oxygen atoms in total. The number of aromatic nitrogens is 1. The van der Waals surface area contributed by atoms with Crippen LogP contribution < -0.4 is 0 Å². The van der Waals surface area contributed by atoms with Crippen molar-refractivity contribution in [3.05, 3.63) is 41.9 Å². The van der Waals surface area contributed by atoms with Gasteiger partial charge in [0.2, 0.25) is 5.91 Å². The van der Waals surface area contributed by atoms with Gasteiger partial charge in [-0.2, -0.15) is 0 Å². The lowest BCUT2D eigenvalue weighted by Gasteiger charge is -2.21. The molecular formula is C18H18N2O4. The molecule has 124 valence electrons. The molecule has 2 fully saturated rings. The Hall–Kier alpha value is -2.63. The molecule has 2 aliphatic rings. The van der Waals surface area contributed by atoms with Crippen LogP contribution in [0.25, 0.3) is 11.3 Å². The molecule has 1 saturated heterocycles. The van der Waals surface area contributed by atoms with Crippen molar-refractivity contribution < 1.29 is 19.1 Å². The van der Waals surface area contributed by atoms with Crippen LogP contribution in [0, 0.1) is 0 Å². The zero-order valence-electron chi connectivity index (χ0n) is 13.1. The minimum absolute atomic E-state index is 0.101.